The zero-order chi connectivity index (χ0) is 15.6. The van der Waals surface area contributed by atoms with E-state index in [2.05, 4.69) is 0 Å². The van der Waals surface area contributed by atoms with Crippen molar-refractivity contribution in [3.05, 3.63) is 33.9 Å². The quantitative estimate of drug-likeness (QED) is 0.623. The molecule has 2 rings (SSSR count). The Kier molecular flexibility index (Phi) is 4.60. The predicted octanol–water partition coefficient (Wildman–Crippen LogP) is 1.70. The van der Waals surface area contributed by atoms with Gasteiger partial charge in [0.05, 0.1) is 17.6 Å². The fraction of sp³-hybridized carbons (Fsp3) is 0.538. The molecule has 1 fully saturated rings. The maximum absolute atomic E-state index is 12.8. The molecule has 0 aromatic heterocycles. The monoisotopic (exact) mass is 314 g/mol. The Balaban J connectivity index is 2.47. The highest BCUT2D eigenvalue weighted by molar-refractivity contribution is 7.89. The molecule has 0 saturated carbocycles. The molecule has 0 amide bonds. The minimum Gasteiger partial charge on any atom is -0.375 e. The van der Waals surface area contributed by atoms with E-state index < -0.39 is 14.9 Å². The van der Waals surface area contributed by atoms with Crippen molar-refractivity contribution in [2.24, 2.45) is 0 Å². The van der Waals surface area contributed by atoms with E-state index in [1.807, 2.05) is 6.92 Å². The van der Waals surface area contributed by atoms with Crippen LogP contribution >= 0.6 is 0 Å². The van der Waals surface area contributed by atoms with Crippen molar-refractivity contribution >= 4 is 15.7 Å². The van der Waals surface area contributed by atoms with Crippen molar-refractivity contribution in [2.45, 2.75) is 31.3 Å². The molecule has 116 valence electrons. The first-order chi connectivity index (χ1) is 9.87. The molecular formula is C13H18N2O5S. The number of hydrogen-bond acceptors (Lipinski definition) is 5. The summed E-state index contributed by atoms with van der Waals surface area (Å²) in [5, 5.41) is 11.1. The van der Waals surface area contributed by atoms with Gasteiger partial charge in [-0.2, -0.15) is 4.31 Å². The van der Waals surface area contributed by atoms with Gasteiger partial charge >= 0.3 is 0 Å². The van der Waals surface area contributed by atoms with Crippen LogP contribution in [0, 0.1) is 17.0 Å². The Morgan fingerprint density at radius 2 is 2.19 bits per heavy atom. The molecule has 1 aromatic carbocycles. The van der Waals surface area contributed by atoms with Gasteiger partial charge in [0.25, 0.3) is 5.69 Å². The summed E-state index contributed by atoms with van der Waals surface area (Å²) in [6.45, 7) is 4.22. The molecule has 7 nitrogen and oxygen atoms in total. The molecule has 1 aromatic rings. The van der Waals surface area contributed by atoms with E-state index in [0.717, 1.165) is 0 Å². The van der Waals surface area contributed by atoms with Gasteiger partial charge < -0.3 is 4.74 Å². The van der Waals surface area contributed by atoms with Gasteiger partial charge in [0, 0.05) is 19.2 Å². The molecule has 0 aliphatic carbocycles. The number of morpholine rings is 1. The van der Waals surface area contributed by atoms with Crippen molar-refractivity contribution in [3.8, 4) is 0 Å². The normalized spacial score (nSPS) is 20.4. The first-order valence-corrected chi connectivity index (χ1v) is 8.17. The summed E-state index contributed by atoms with van der Waals surface area (Å²) < 4.78 is 32.3. The lowest BCUT2D eigenvalue weighted by molar-refractivity contribution is -0.387. The van der Waals surface area contributed by atoms with E-state index in [9.17, 15) is 18.5 Å². The van der Waals surface area contributed by atoms with E-state index in [1.165, 1.54) is 16.4 Å². The molecular weight excluding hydrogens is 296 g/mol. The maximum Gasteiger partial charge on any atom is 0.289 e. The molecule has 1 aliphatic rings. The van der Waals surface area contributed by atoms with Crippen LogP contribution in [0.4, 0.5) is 5.69 Å². The zero-order valence-corrected chi connectivity index (χ0v) is 12.8. The first kappa shape index (κ1) is 15.9. The van der Waals surface area contributed by atoms with E-state index in [1.54, 1.807) is 13.0 Å². The molecule has 1 unspecified atom stereocenters. The van der Waals surface area contributed by atoms with Gasteiger partial charge in [0.2, 0.25) is 10.0 Å². The third-order valence-corrected chi connectivity index (χ3v) is 5.60. The number of rotatable bonds is 4. The van der Waals surface area contributed by atoms with E-state index in [4.69, 9.17) is 4.74 Å². The topological polar surface area (TPSA) is 89.8 Å². The average Bonchev–Trinajstić information content (AvgIpc) is 2.46. The second-order valence-corrected chi connectivity index (χ2v) is 6.82. The zero-order valence-electron chi connectivity index (χ0n) is 12.0. The van der Waals surface area contributed by atoms with Crippen LogP contribution < -0.4 is 0 Å². The molecule has 1 aliphatic heterocycles. The highest BCUT2D eigenvalue weighted by atomic mass is 32.2. The number of nitro benzene ring substituents is 1. The summed E-state index contributed by atoms with van der Waals surface area (Å²) in [4.78, 5) is 10.3. The summed E-state index contributed by atoms with van der Waals surface area (Å²) in [5.41, 5.74) is -0.00159. The van der Waals surface area contributed by atoms with Crippen molar-refractivity contribution in [1.82, 2.24) is 4.31 Å². The molecule has 0 radical (unpaired) electrons. The summed E-state index contributed by atoms with van der Waals surface area (Å²) in [7, 11) is -3.90. The van der Waals surface area contributed by atoms with Crippen molar-refractivity contribution in [2.75, 3.05) is 19.7 Å². The second kappa shape index (κ2) is 6.08. The minimum absolute atomic E-state index is 0.170. The van der Waals surface area contributed by atoms with Crippen molar-refractivity contribution in [1.29, 1.82) is 0 Å². The lowest BCUT2D eigenvalue weighted by Crippen LogP contribution is -2.45. The fourth-order valence-corrected chi connectivity index (χ4v) is 4.22. The van der Waals surface area contributed by atoms with Crippen LogP contribution in [0.25, 0.3) is 0 Å². The molecule has 1 saturated heterocycles. The Hall–Kier alpha value is -1.51. The van der Waals surface area contributed by atoms with Gasteiger partial charge in [0.1, 0.15) is 0 Å². The number of hydrogen-bond donors (Lipinski definition) is 0. The lowest BCUT2D eigenvalue weighted by atomic mass is 10.2. The number of aryl methyl sites for hydroxylation is 1. The highest BCUT2D eigenvalue weighted by Gasteiger charge is 2.35. The number of ether oxygens (including phenoxy) is 1. The number of nitrogens with zero attached hydrogens (tertiary/aromatic N) is 2. The first-order valence-electron chi connectivity index (χ1n) is 6.73. The summed E-state index contributed by atoms with van der Waals surface area (Å²) in [6, 6.07) is 4.27. The van der Waals surface area contributed by atoms with Gasteiger partial charge in [-0.3, -0.25) is 10.1 Å². The van der Waals surface area contributed by atoms with Crippen LogP contribution in [0.3, 0.4) is 0 Å². The summed E-state index contributed by atoms with van der Waals surface area (Å²) in [5.74, 6) is 0. The van der Waals surface area contributed by atoms with Gasteiger partial charge in [-0.15, -0.1) is 0 Å². The SMILES string of the molecule is CCC1CN(S(=O)(=O)c2c(C)cccc2[N+](=O)[O-])CCO1. The minimum atomic E-state index is -3.90. The Labute approximate surface area is 123 Å². The third-order valence-electron chi connectivity index (χ3n) is 3.54. The number of nitro groups is 1. The fourth-order valence-electron chi connectivity index (χ4n) is 2.40. The molecule has 1 heterocycles. The average molecular weight is 314 g/mol. The second-order valence-electron chi connectivity index (χ2n) is 4.94. The predicted molar refractivity (Wildman–Crippen MR) is 76.6 cm³/mol. The van der Waals surface area contributed by atoms with Crippen LogP contribution in [-0.2, 0) is 14.8 Å². The van der Waals surface area contributed by atoms with Gasteiger partial charge in [0.15, 0.2) is 4.90 Å². The van der Waals surface area contributed by atoms with Crippen molar-refractivity contribution < 1.29 is 18.1 Å². The number of benzene rings is 1. The van der Waals surface area contributed by atoms with Crippen LogP contribution in [0.2, 0.25) is 0 Å². The molecule has 0 N–H and O–H groups in total. The van der Waals surface area contributed by atoms with Crippen LogP contribution in [0.1, 0.15) is 18.9 Å². The summed E-state index contributed by atoms with van der Waals surface area (Å²) in [6.07, 6.45) is 0.526. The van der Waals surface area contributed by atoms with Gasteiger partial charge in [-0.1, -0.05) is 19.1 Å². The summed E-state index contributed by atoms with van der Waals surface area (Å²) >= 11 is 0. The Morgan fingerprint density at radius 1 is 1.48 bits per heavy atom. The molecule has 0 bridgehead atoms. The lowest BCUT2D eigenvalue weighted by Gasteiger charge is -2.31. The highest BCUT2D eigenvalue weighted by Crippen LogP contribution is 2.30. The Morgan fingerprint density at radius 3 is 2.81 bits per heavy atom. The van der Waals surface area contributed by atoms with Gasteiger partial charge in [-0.25, -0.2) is 8.42 Å². The smallest absolute Gasteiger partial charge is 0.289 e. The standard InChI is InChI=1S/C13H18N2O5S/c1-3-11-9-14(7-8-20-11)21(18,19)13-10(2)5-4-6-12(13)15(16)17/h4-6,11H,3,7-9H2,1-2H3. The molecule has 8 heteroatoms. The number of sulfonamides is 1. The van der Waals surface area contributed by atoms with E-state index >= 15 is 0 Å². The molecule has 0 spiro atoms. The van der Waals surface area contributed by atoms with Gasteiger partial charge in [-0.05, 0) is 18.9 Å². The third kappa shape index (κ3) is 3.07. The molecule has 1 atom stereocenters. The van der Waals surface area contributed by atoms with Crippen LogP contribution in [-0.4, -0.2) is 43.4 Å². The maximum atomic E-state index is 12.8. The van der Waals surface area contributed by atoms with Crippen LogP contribution in [0.5, 0.6) is 0 Å². The van der Waals surface area contributed by atoms with Crippen LogP contribution in [0.15, 0.2) is 23.1 Å². The molecule has 21 heavy (non-hydrogen) atoms. The van der Waals surface area contributed by atoms with Crippen molar-refractivity contribution in [3.63, 3.8) is 0 Å². The van der Waals surface area contributed by atoms with E-state index in [-0.39, 0.29) is 29.8 Å². The van der Waals surface area contributed by atoms with E-state index in [0.29, 0.717) is 18.6 Å². The Bertz CT molecular complexity index is 644. The largest absolute Gasteiger partial charge is 0.375 e.